The quantitative estimate of drug-likeness (QED) is 0.614. The van der Waals surface area contributed by atoms with Gasteiger partial charge in [0.25, 0.3) is 0 Å². The summed E-state index contributed by atoms with van der Waals surface area (Å²) in [5.41, 5.74) is 1.14. The summed E-state index contributed by atoms with van der Waals surface area (Å²) in [7, 11) is 0. The number of imidazole rings is 1. The number of rotatable bonds is 6. The summed E-state index contributed by atoms with van der Waals surface area (Å²) < 4.78 is 1.81. The summed E-state index contributed by atoms with van der Waals surface area (Å²) in [4.78, 5) is 12.2. The molecule has 2 N–H and O–H groups in total. The highest BCUT2D eigenvalue weighted by Gasteiger charge is 2.18. The number of halogens is 1. The molecule has 0 radical (unpaired) electrons. The fourth-order valence-corrected chi connectivity index (χ4v) is 2.11. The summed E-state index contributed by atoms with van der Waals surface area (Å²) in [5.74, 6) is -0.210. The van der Waals surface area contributed by atoms with Crippen molar-refractivity contribution in [3.63, 3.8) is 0 Å². The third kappa shape index (κ3) is 2.75. The largest absolute Gasteiger partial charge is 0.396 e. The Balaban J connectivity index is 2.36. The van der Waals surface area contributed by atoms with Crippen molar-refractivity contribution in [2.24, 2.45) is 5.92 Å². The van der Waals surface area contributed by atoms with Crippen LogP contribution in [0.3, 0.4) is 0 Å². The van der Waals surface area contributed by atoms with E-state index in [-0.39, 0.29) is 25.2 Å². The lowest BCUT2D eigenvalue weighted by atomic mass is 10.0. The molecule has 19 heavy (non-hydrogen) atoms. The first-order valence-corrected chi connectivity index (χ1v) is 6.26. The molecule has 0 saturated heterocycles. The minimum Gasteiger partial charge on any atom is -0.396 e. The standard InChI is InChI=1S/C12H15ClN4O2/c1-2-9(3-8(4-18)5-19)17-7-16-10-11(13)14-6-15-12(10)17/h2,6-9,18-19H,1,3-5H2. The van der Waals surface area contributed by atoms with Crippen LogP contribution >= 0.6 is 11.6 Å². The van der Waals surface area contributed by atoms with Gasteiger partial charge in [-0.3, -0.25) is 0 Å². The van der Waals surface area contributed by atoms with Crippen molar-refractivity contribution in [2.45, 2.75) is 12.5 Å². The zero-order valence-electron chi connectivity index (χ0n) is 10.3. The van der Waals surface area contributed by atoms with Gasteiger partial charge >= 0.3 is 0 Å². The lowest BCUT2D eigenvalue weighted by molar-refractivity contribution is 0.136. The predicted octanol–water partition coefficient (Wildman–Crippen LogP) is 1.20. The maximum absolute atomic E-state index is 9.16. The van der Waals surface area contributed by atoms with E-state index in [1.807, 2.05) is 4.57 Å². The molecule has 2 heterocycles. The van der Waals surface area contributed by atoms with Crippen molar-refractivity contribution < 1.29 is 10.2 Å². The molecule has 0 fully saturated rings. The van der Waals surface area contributed by atoms with Gasteiger partial charge < -0.3 is 14.8 Å². The second-order valence-corrected chi connectivity index (χ2v) is 4.62. The average Bonchev–Trinajstić information content (AvgIpc) is 2.86. The Bertz CT molecular complexity index is 568. The molecular weight excluding hydrogens is 268 g/mol. The van der Waals surface area contributed by atoms with Gasteiger partial charge in [-0.05, 0) is 6.42 Å². The van der Waals surface area contributed by atoms with Crippen molar-refractivity contribution in [3.8, 4) is 0 Å². The summed E-state index contributed by atoms with van der Waals surface area (Å²) >= 11 is 5.95. The lowest BCUT2D eigenvalue weighted by Crippen LogP contribution is -2.17. The number of aliphatic hydroxyl groups excluding tert-OH is 2. The number of hydrogen-bond acceptors (Lipinski definition) is 5. The first-order chi connectivity index (χ1) is 9.21. The fraction of sp³-hybridized carbons (Fsp3) is 0.417. The van der Waals surface area contributed by atoms with Crippen LogP contribution < -0.4 is 0 Å². The molecule has 2 aromatic rings. The molecule has 0 aliphatic carbocycles. The van der Waals surface area contributed by atoms with Crippen LogP contribution in [0.15, 0.2) is 25.3 Å². The van der Waals surface area contributed by atoms with E-state index in [0.717, 1.165) is 0 Å². The number of fused-ring (bicyclic) bond motifs is 1. The maximum atomic E-state index is 9.16. The van der Waals surface area contributed by atoms with E-state index < -0.39 is 0 Å². The third-order valence-corrected chi connectivity index (χ3v) is 3.31. The number of nitrogens with zero attached hydrogens (tertiary/aromatic N) is 4. The fourth-order valence-electron chi connectivity index (χ4n) is 1.94. The number of aromatic nitrogens is 4. The second-order valence-electron chi connectivity index (χ2n) is 4.26. The van der Waals surface area contributed by atoms with E-state index in [2.05, 4.69) is 21.5 Å². The molecule has 0 amide bonds. The molecular formula is C12H15ClN4O2. The van der Waals surface area contributed by atoms with E-state index in [9.17, 15) is 0 Å². The van der Waals surface area contributed by atoms with Crippen molar-refractivity contribution >= 4 is 22.8 Å². The van der Waals surface area contributed by atoms with Crippen molar-refractivity contribution in [1.29, 1.82) is 0 Å². The normalized spacial score (nSPS) is 13.1. The van der Waals surface area contributed by atoms with Crippen LogP contribution in [0.1, 0.15) is 12.5 Å². The molecule has 0 aliphatic heterocycles. The van der Waals surface area contributed by atoms with Crippen LogP contribution in [0.4, 0.5) is 0 Å². The van der Waals surface area contributed by atoms with Crippen molar-refractivity contribution in [2.75, 3.05) is 13.2 Å². The van der Waals surface area contributed by atoms with Crippen LogP contribution in [-0.4, -0.2) is 42.9 Å². The molecule has 0 saturated carbocycles. The Morgan fingerprint density at radius 1 is 1.32 bits per heavy atom. The van der Waals surface area contributed by atoms with Gasteiger partial charge in [0, 0.05) is 19.1 Å². The van der Waals surface area contributed by atoms with Crippen LogP contribution in [-0.2, 0) is 0 Å². The molecule has 0 bridgehead atoms. The van der Waals surface area contributed by atoms with Crippen molar-refractivity contribution in [1.82, 2.24) is 19.5 Å². The van der Waals surface area contributed by atoms with Crippen LogP contribution in [0.5, 0.6) is 0 Å². The Morgan fingerprint density at radius 2 is 2.05 bits per heavy atom. The Kier molecular flexibility index (Phi) is 4.47. The smallest absolute Gasteiger partial charge is 0.165 e. The minimum absolute atomic E-state index is 0.0801. The molecule has 1 atom stereocenters. The SMILES string of the molecule is C=CC(CC(CO)CO)n1cnc2c(Cl)ncnc21. The highest BCUT2D eigenvalue weighted by Crippen LogP contribution is 2.25. The Labute approximate surface area is 115 Å². The molecule has 1 unspecified atom stereocenters. The number of allylic oxidation sites excluding steroid dienone is 1. The topological polar surface area (TPSA) is 84.1 Å². The zero-order chi connectivity index (χ0) is 13.8. The molecule has 0 aliphatic rings. The molecule has 102 valence electrons. The van der Waals surface area contributed by atoms with Gasteiger partial charge in [-0.15, -0.1) is 6.58 Å². The first-order valence-electron chi connectivity index (χ1n) is 5.88. The summed E-state index contributed by atoms with van der Waals surface area (Å²) in [6, 6.07) is -0.125. The van der Waals surface area contributed by atoms with Gasteiger partial charge in [0.05, 0.1) is 12.4 Å². The summed E-state index contributed by atoms with van der Waals surface area (Å²) in [6.07, 6.45) is 5.26. The van der Waals surface area contributed by atoms with Gasteiger partial charge in [0.1, 0.15) is 11.8 Å². The van der Waals surface area contributed by atoms with Crippen LogP contribution in [0, 0.1) is 5.92 Å². The van der Waals surface area contributed by atoms with E-state index in [4.69, 9.17) is 21.8 Å². The molecule has 0 aromatic carbocycles. The van der Waals surface area contributed by atoms with Gasteiger partial charge in [-0.25, -0.2) is 15.0 Å². The average molecular weight is 283 g/mol. The monoisotopic (exact) mass is 282 g/mol. The van der Waals surface area contributed by atoms with Gasteiger partial charge in [-0.2, -0.15) is 0 Å². The van der Waals surface area contributed by atoms with E-state index in [1.165, 1.54) is 6.33 Å². The van der Waals surface area contributed by atoms with Crippen molar-refractivity contribution in [3.05, 3.63) is 30.5 Å². The molecule has 7 heteroatoms. The summed E-state index contributed by atoms with van der Waals surface area (Å²) in [5, 5.41) is 18.6. The van der Waals surface area contributed by atoms with E-state index >= 15 is 0 Å². The first kappa shape index (κ1) is 13.9. The third-order valence-electron chi connectivity index (χ3n) is 3.03. The van der Waals surface area contributed by atoms with Gasteiger partial charge in [0.15, 0.2) is 10.8 Å². The van der Waals surface area contributed by atoms with E-state index in [1.54, 1.807) is 12.4 Å². The minimum atomic E-state index is -0.210. The molecule has 2 aromatic heterocycles. The summed E-state index contributed by atoms with van der Waals surface area (Å²) in [6.45, 7) is 3.62. The Hall–Kier alpha value is -1.50. The van der Waals surface area contributed by atoms with Crippen LogP contribution in [0.2, 0.25) is 5.15 Å². The molecule has 0 spiro atoms. The van der Waals surface area contributed by atoms with Gasteiger partial charge in [0.2, 0.25) is 0 Å². The maximum Gasteiger partial charge on any atom is 0.165 e. The lowest BCUT2D eigenvalue weighted by Gasteiger charge is -2.19. The highest BCUT2D eigenvalue weighted by molar-refractivity contribution is 6.33. The molecule has 6 nitrogen and oxygen atoms in total. The predicted molar refractivity (Wildman–Crippen MR) is 71.8 cm³/mol. The molecule has 2 rings (SSSR count). The number of hydrogen-bond donors (Lipinski definition) is 2. The Morgan fingerprint density at radius 3 is 2.68 bits per heavy atom. The van der Waals surface area contributed by atoms with Gasteiger partial charge in [-0.1, -0.05) is 17.7 Å². The van der Waals surface area contributed by atoms with E-state index in [0.29, 0.717) is 22.7 Å². The zero-order valence-corrected chi connectivity index (χ0v) is 11.0. The second kappa shape index (κ2) is 6.10. The highest BCUT2D eigenvalue weighted by atomic mass is 35.5. The number of aliphatic hydroxyl groups is 2. The van der Waals surface area contributed by atoms with Crippen LogP contribution in [0.25, 0.3) is 11.2 Å².